The van der Waals surface area contributed by atoms with Crippen LogP contribution in [0.5, 0.6) is 0 Å². The van der Waals surface area contributed by atoms with Crippen LogP contribution in [0.15, 0.2) is 60.7 Å². The van der Waals surface area contributed by atoms with Gasteiger partial charge in [-0.05, 0) is 63.5 Å². The molecule has 1 saturated carbocycles. The Morgan fingerprint density at radius 3 is 2.10 bits per heavy atom. The first-order chi connectivity index (χ1) is 14.7. The van der Waals surface area contributed by atoms with Crippen LogP contribution >= 0.6 is 0 Å². The monoisotopic (exact) mass is 421 g/mol. The van der Waals surface area contributed by atoms with Crippen molar-refractivity contribution in [3.8, 4) is 0 Å². The fraction of sp³-hybridized carbons (Fsp3) is 0.536. The van der Waals surface area contributed by atoms with Crippen molar-refractivity contribution < 1.29 is 9.53 Å². The number of rotatable bonds is 7. The zero-order valence-electron chi connectivity index (χ0n) is 20.0. The minimum absolute atomic E-state index is 0.0426. The molecule has 0 aliphatic heterocycles. The van der Waals surface area contributed by atoms with E-state index in [-0.39, 0.29) is 24.0 Å². The predicted molar refractivity (Wildman–Crippen MR) is 128 cm³/mol. The molecule has 3 nitrogen and oxygen atoms in total. The van der Waals surface area contributed by atoms with E-state index in [0.29, 0.717) is 11.8 Å². The second kappa shape index (κ2) is 9.99. The Morgan fingerprint density at radius 2 is 1.55 bits per heavy atom. The van der Waals surface area contributed by atoms with E-state index in [1.165, 1.54) is 11.1 Å². The summed E-state index contributed by atoms with van der Waals surface area (Å²) in [6.07, 6.45) is 1.97. The molecule has 2 aromatic rings. The van der Waals surface area contributed by atoms with Gasteiger partial charge in [0.1, 0.15) is 5.60 Å². The molecule has 4 atom stereocenters. The van der Waals surface area contributed by atoms with Crippen molar-refractivity contribution in [1.29, 1.82) is 0 Å². The summed E-state index contributed by atoms with van der Waals surface area (Å²) in [6, 6.07) is 21.7. The van der Waals surface area contributed by atoms with Crippen molar-refractivity contribution in [2.24, 2.45) is 17.8 Å². The first kappa shape index (κ1) is 23.5. The van der Waals surface area contributed by atoms with Crippen LogP contribution in [0.1, 0.15) is 71.6 Å². The highest BCUT2D eigenvalue weighted by atomic mass is 16.6. The molecule has 0 N–H and O–H groups in total. The van der Waals surface area contributed by atoms with Gasteiger partial charge in [0.05, 0.1) is 5.92 Å². The molecule has 2 aromatic carbocycles. The maximum absolute atomic E-state index is 13.3. The Hall–Kier alpha value is -2.13. The van der Waals surface area contributed by atoms with Gasteiger partial charge in [0.15, 0.2) is 0 Å². The molecular formula is C28H39NO2. The predicted octanol–water partition coefficient (Wildman–Crippen LogP) is 6.64. The maximum atomic E-state index is 13.3. The smallest absolute Gasteiger partial charge is 0.311 e. The number of ether oxygens (including phenoxy) is 1. The lowest BCUT2D eigenvalue weighted by Gasteiger charge is -2.41. The van der Waals surface area contributed by atoms with Gasteiger partial charge in [-0.1, -0.05) is 74.5 Å². The summed E-state index contributed by atoms with van der Waals surface area (Å²) < 4.78 is 5.90. The van der Waals surface area contributed by atoms with Crippen LogP contribution < -0.4 is 0 Å². The number of carbonyl (C=O) groups is 1. The Balaban J connectivity index is 2.00. The van der Waals surface area contributed by atoms with Crippen molar-refractivity contribution in [1.82, 2.24) is 4.90 Å². The van der Waals surface area contributed by atoms with Gasteiger partial charge in [-0.25, -0.2) is 0 Å². The van der Waals surface area contributed by atoms with Crippen molar-refractivity contribution in [3.63, 3.8) is 0 Å². The fourth-order valence-corrected chi connectivity index (χ4v) is 5.07. The summed E-state index contributed by atoms with van der Waals surface area (Å²) in [6.45, 7) is 13.6. The third-order valence-electron chi connectivity index (χ3n) is 6.60. The maximum Gasteiger partial charge on any atom is 0.311 e. The van der Waals surface area contributed by atoms with Gasteiger partial charge in [-0.2, -0.15) is 0 Å². The summed E-state index contributed by atoms with van der Waals surface area (Å²) in [4.78, 5) is 15.9. The average Bonchev–Trinajstić information content (AvgIpc) is 3.17. The number of esters is 1. The molecule has 168 valence electrons. The zero-order valence-corrected chi connectivity index (χ0v) is 20.0. The lowest BCUT2D eigenvalue weighted by Crippen LogP contribution is -2.47. The second-order valence-electron chi connectivity index (χ2n) is 10.4. The van der Waals surface area contributed by atoms with Crippen LogP contribution in [0.25, 0.3) is 0 Å². The van der Waals surface area contributed by atoms with E-state index >= 15 is 0 Å². The number of nitrogens with zero attached hydrogens (tertiary/aromatic N) is 1. The van der Waals surface area contributed by atoms with Crippen molar-refractivity contribution in [2.45, 2.75) is 78.6 Å². The Bertz CT molecular complexity index is 825. The summed E-state index contributed by atoms with van der Waals surface area (Å²) in [5.74, 6) is 0.839. The van der Waals surface area contributed by atoms with Crippen LogP contribution in [0, 0.1) is 17.8 Å². The Labute approximate surface area is 188 Å². The molecule has 1 fully saturated rings. The summed E-state index contributed by atoms with van der Waals surface area (Å²) in [5, 5.41) is 0. The lowest BCUT2D eigenvalue weighted by atomic mass is 9.85. The van der Waals surface area contributed by atoms with Gasteiger partial charge in [0.2, 0.25) is 0 Å². The van der Waals surface area contributed by atoms with Crippen LogP contribution in [-0.2, 0) is 16.1 Å². The molecule has 0 heterocycles. The van der Waals surface area contributed by atoms with E-state index in [4.69, 9.17) is 4.74 Å². The molecule has 3 rings (SSSR count). The molecule has 0 radical (unpaired) electrons. The minimum atomic E-state index is -0.465. The number of hydrogen-bond acceptors (Lipinski definition) is 3. The number of benzene rings is 2. The largest absolute Gasteiger partial charge is 0.460 e. The molecule has 0 bridgehead atoms. The number of carbonyl (C=O) groups excluding carboxylic acids is 1. The van der Waals surface area contributed by atoms with Crippen molar-refractivity contribution in [2.75, 3.05) is 0 Å². The van der Waals surface area contributed by atoms with Gasteiger partial charge in [-0.3, -0.25) is 9.69 Å². The topological polar surface area (TPSA) is 29.5 Å². The molecule has 0 spiro atoms. The van der Waals surface area contributed by atoms with E-state index in [0.717, 1.165) is 19.4 Å². The number of hydrogen-bond donors (Lipinski definition) is 0. The third-order valence-corrected chi connectivity index (χ3v) is 6.60. The van der Waals surface area contributed by atoms with Gasteiger partial charge >= 0.3 is 5.97 Å². The van der Waals surface area contributed by atoms with Gasteiger partial charge in [0.25, 0.3) is 0 Å². The van der Waals surface area contributed by atoms with E-state index in [9.17, 15) is 4.79 Å². The first-order valence-electron chi connectivity index (χ1n) is 11.7. The summed E-state index contributed by atoms with van der Waals surface area (Å²) in [5.41, 5.74) is 2.10. The van der Waals surface area contributed by atoms with E-state index in [2.05, 4.69) is 86.3 Å². The first-order valence-corrected chi connectivity index (χ1v) is 11.7. The molecule has 0 unspecified atom stereocenters. The van der Waals surface area contributed by atoms with Crippen molar-refractivity contribution >= 4 is 5.97 Å². The minimum Gasteiger partial charge on any atom is -0.460 e. The SMILES string of the molecule is CC(C)[C@@H]1CC[C@H](C(=O)OC(C)(C)C)[C@H]1N(Cc1ccccc1)[C@H](C)c1ccccc1. The second-order valence-corrected chi connectivity index (χ2v) is 10.4. The summed E-state index contributed by atoms with van der Waals surface area (Å²) in [7, 11) is 0. The lowest BCUT2D eigenvalue weighted by molar-refractivity contribution is -0.162. The molecule has 3 heteroatoms. The fourth-order valence-electron chi connectivity index (χ4n) is 5.07. The van der Waals surface area contributed by atoms with Gasteiger partial charge < -0.3 is 4.74 Å². The van der Waals surface area contributed by atoms with Crippen LogP contribution in [-0.4, -0.2) is 22.5 Å². The molecule has 0 aromatic heterocycles. The highest BCUT2D eigenvalue weighted by molar-refractivity contribution is 5.74. The molecule has 0 saturated heterocycles. The van der Waals surface area contributed by atoms with Crippen LogP contribution in [0.3, 0.4) is 0 Å². The van der Waals surface area contributed by atoms with Crippen molar-refractivity contribution in [3.05, 3.63) is 71.8 Å². The highest BCUT2D eigenvalue weighted by Gasteiger charge is 2.47. The van der Waals surface area contributed by atoms with E-state index in [1.807, 2.05) is 20.8 Å². The molecular weight excluding hydrogens is 382 g/mol. The van der Waals surface area contributed by atoms with E-state index < -0.39 is 5.60 Å². The third kappa shape index (κ3) is 5.98. The normalized spacial score (nSPS) is 22.6. The molecule has 1 aliphatic rings. The van der Waals surface area contributed by atoms with Crippen LogP contribution in [0.4, 0.5) is 0 Å². The molecule has 31 heavy (non-hydrogen) atoms. The Kier molecular flexibility index (Phi) is 7.59. The molecule has 0 amide bonds. The Morgan fingerprint density at radius 1 is 0.968 bits per heavy atom. The molecule has 1 aliphatic carbocycles. The zero-order chi connectivity index (χ0) is 22.6. The highest BCUT2D eigenvalue weighted by Crippen LogP contribution is 2.44. The van der Waals surface area contributed by atoms with Gasteiger partial charge in [0, 0.05) is 18.6 Å². The standard InChI is InChI=1S/C28H39NO2/c1-20(2)24-17-18-25(27(30)31-28(4,5)6)26(24)29(19-22-13-9-7-10-14-22)21(3)23-15-11-8-12-16-23/h7-16,20-21,24-26H,17-19H2,1-6H3/t21-,24+,25+,26+/m1/s1. The van der Waals surface area contributed by atoms with Crippen LogP contribution in [0.2, 0.25) is 0 Å². The average molecular weight is 422 g/mol. The van der Waals surface area contributed by atoms with Gasteiger partial charge in [-0.15, -0.1) is 0 Å². The quantitative estimate of drug-likeness (QED) is 0.469. The summed E-state index contributed by atoms with van der Waals surface area (Å²) >= 11 is 0. The van der Waals surface area contributed by atoms with E-state index in [1.54, 1.807) is 0 Å².